The van der Waals surface area contributed by atoms with Crippen LogP contribution < -0.4 is 5.73 Å². The zero-order valence-corrected chi connectivity index (χ0v) is 7.18. The first-order valence-corrected chi connectivity index (χ1v) is 3.86. The van der Waals surface area contributed by atoms with E-state index in [1.165, 1.54) is 0 Å². The summed E-state index contributed by atoms with van der Waals surface area (Å²) in [5.41, 5.74) is 7.21. The van der Waals surface area contributed by atoms with E-state index in [2.05, 4.69) is 15.1 Å². The SMILES string of the molecule is Cc1ccc(-n2cnc(N)n2)cn1. The fourth-order valence-corrected chi connectivity index (χ4v) is 0.996. The lowest BCUT2D eigenvalue weighted by Gasteiger charge is -1.98. The first-order chi connectivity index (χ1) is 6.25. The van der Waals surface area contributed by atoms with E-state index in [0.29, 0.717) is 0 Å². The molecule has 0 fully saturated rings. The molecule has 0 saturated carbocycles. The number of aromatic nitrogens is 4. The highest BCUT2D eigenvalue weighted by Crippen LogP contribution is 2.04. The van der Waals surface area contributed by atoms with Gasteiger partial charge in [-0.2, -0.15) is 0 Å². The van der Waals surface area contributed by atoms with E-state index in [1.54, 1.807) is 17.2 Å². The molecule has 5 heteroatoms. The highest BCUT2D eigenvalue weighted by atomic mass is 15.4. The van der Waals surface area contributed by atoms with Crippen molar-refractivity contribution in [3.8, 4) is 5.69 Å². The molecule has 0 aromatic carbocycles. The molecule has 0 bridgehead atoms. The Morgan fingerprint density at radius 2 is 2.15 bits per heavy atom. The molecule has 2 heterocycles. The fraction of sp³-hybridized carbons (Fsp3) is 0.125. The zero-order chi connectivity index (χ0) is 9.26. The number of nitrogens with zero attached hydrogens (tertiary/aromatic N) is 4. The lowest BCUT2D eigenvalue weighted by atomic mass is 10.3. The molecule has 13 heavy (non-hydrogen) atoms. The Bertz CT molecular complexity index is 403. The third-order valence-electron chi connectivity index (χ3n) is 1.67. The molecule has 0 aliphatic heterocycles. The normalized spacial score (nSPS) is 10.2. The van der Waals surface area contributed by atoms with Gasteiger partial charge in [0.25, 0.3) is 0 Å². The molecule has 66 valence electrons. The Morgan fingerprint density at radius 1 is 1.31 bits per heavy atom. The van der Waals surface area contributed by atoms with Crippen molar-refractivity contribution < 1.29 is 0 Å². The van der Waals surface area contributed by atoms with E-state index >= 15 is 0 Å². The number of pyridine rings is 1. The molecule has 0 atom stereocenters. The lowest BCUT2D eigenvalue weighted by molar-refractivity contribution is 0.874. The van der Waals surface area contributed by atoms with Crippen LogP contribution in [0.25, 0.3) is 5.69 Å². The Hall–Kier alpha value is -1.91. The van der Waals surface area contributed by atoms with Gasteiger partial charge in [0.2, 0.25) is 5.95 Å². The topological polar surface area (TPSA) is 69.6 Å². The number of aryl methyl sites for hydroxylation is 1. The first-order valence-electron chi connectivity index (χ1n) is 3.86. The van der Waals surface area contributed by atoms with Crippen molar-refractivity contribution in [2.45, 2.75) is 6.92 Å². The number of hydrogen-bond donors (Lipinski definition) is 1. The molecule has 0 aliphatic rings. The smallest absolute Gasteiger partial charge is 0.239 e. The van der Waals surface area contributed by atoms with Crippen LogP contribution in [0.1, 0.15) is 5.69 Å². The average Bonchev–Trinajstić information content (AvgIpc) is 2.53. The largest absolute Gasteiger partial charge is 0.366 e. The summed E-state index contributed by atoms with van der Waals surface area (Å²) in [7, 11) is 0. The van der Waals surface area contributed by atoms with Crippen molar-refractivity contribution in [3.05, 3.63) is 30.4 Å². The van der Waals surface area contributed by atoms with Gasteiger partial charge >= 0.3 is 0 Å². The minimum Gasteiger partial charge on any atom is -0.366 e. The second-order valence-corrected chi connectivity index (χ2v) is 2.71. The van der Waals surface area contributed by atoms with Crippen molar-refractivity contribution >= 4 is 5.95 Å². The van der Waals surface area contributed by atoms with E-state index in [1.807, 2.05) is 19.1 Å². The van der Waals surface area contributed by atoms with Crippen LogP contribution in [0.3, 0.4) is 0 Å². The molecule has 0 aliphatic carbocycles. The molecule has 2 N–H and O–H groups in total. The van der Waals surface area contributed by atoms with Crippen LogP contribution >= 0.6 is 0 Å². The minimum atomic E-state index is 0.264. The Morgan fingerprint density at radius 3 is 2.69 bits per heavy atom. The number of rotatable bonds is 1. The molecular weight excluding hydrogens is 166 g/mol. The summed E-state index contributed by atoms with van der Waals surface area (Å²) in [5, 5.41) is 3.95. The maximum Gasteiger partial charge on any atom is 0.239 e. The lowest BCUT2D eigenvalue weighted by Crippen LogP contribution is -1.97. The summed E-state index contributed by atoms with van der Waals surface area (Å²) >= 11 is 0. The summed E-state index contributed by atoms with van der Waals surface area (Å²) in [6, 6.07) is 3.82. The Balaban J connectivity index is 2.41. The highest BCUT2D eigenvalue weighted by Gasteiger charge is 1.98. The minimum absolute atomic E-state index is 0.264. The number of anilines is 1. The number of nitrogens with two attached hydrogens (primary N) is 1. The summed E-state index contributed by atoms with van der Waals surface area (Å²) in [6.45, 7) is 1.93. The van der Waals surface area contributed by atoms with Crippen LogP contribution in [0.5, 0.6) is 0 Å². The van der Waals surface area contributed by atoms with Gasteiger partial charge < -0.3 is 5.73 Å². The molecule has 2 aromatic rings. The monoisotopic (exact) mass is 175 g/mol. The second kappa shape index (κ2) is 2.85. The summed E-state index contributed by atoms with van der Waals surface area (Å²) in [5.74, 6) is 0.264. The van der Waals surface area contributed by atoms with E-state index in [4.69, 9.17) is 5.73 Å². The maximum atomic E-state index is 5.38. The standard InChI is InChI=1S/C8H9N5/c1-6-2-3-7(4-10-6)13-5-11-8(9)12-13/h2-5H,1H3,(H2,9,12). The van der Waals surface area contributed by atoms with Crippen LogP contribution in [0, 0.1) is 6.92 Å². The third-order valence-corrected chi connectivity index (χ3v) is 1.67. The molecule has 0 radical (unpaired) electrons. The molecule has 5 nitrogen and oxygen atoms in total. The van der Waals surface area contributed by atoms with Crippen molar-refractivity contribution in [2.24, 2.45) is 0 Å². The fourth-order valence-electron chi connectivity index (χ4n) is 0.996. The third kappa shape index (κ3) is 1.48. The van der Waals surface area contributed by atoms with Crippen molar-refractivity contribution in [3.63, 3.8) is 0 Å². The Labute approximate surface area is 75.2 Å². The van der Waals surface area contributed by atoms with Crippen LogP contribution in [-0.2, 0) is 0 Å². The van der Waals surface area contributed by atoms with Crippen molar-refractivity contribution in [1.82, 2.24) is 19.7 Å². The van der Waals surface area contributed by atoms with Gasteiger partial charge in [-0.1, -0.05) is 0 Å². The number of hydrogen-bond acceptors (Lipinski definition) is 4. The van der Waals surface area contributed by atoms with Gasteiger partial charge in [0.15, 0.2) is 0 Å². The average molecular weight is 175 g/mol. The summed E-state index contributed by atoms with van der Waals surface area (Å²) < 4.78 is 1.59. The first kappa shape index (κ1) is 7.72. The van der Waals surface area contributed by atoms with Crippen molar-refractivity contribution in [2.75, 3.05) is 5.73 Å². The quantitative estimate of drug-likeness (QED) is 0.687. The van der Waals surface area contributed by atoms with Gasteiger partial charge in [0, 0.05) is 5.69 Å². The predicted molar refractivity (Wildman–Crippen MR) is 48.3 cm³/mol. The molecule has 2 aromatic heterocycles. The van der Waals surface area contributed by atoms with E-state index in [9.17, 15) is 0 Å². The highest BCUT2D eigenvalue weighted by molar-refractivity contribution is 5.29. The van der Waals surface area contributed by atoms with Crippen LogP contribution in [-0.4, -0.2) is 19.7 Å². The molecule has 2 rings (SSSR count). The maximum absolute atomic E-state index is 5.38. The van der Waals surface area contributed by atoms with Gasteiger partial charge in [0.05, 0.1) is 11.9 Å². The van der Waals surface area contributed by atoms with Gasteiger partial charge in [-0.15, -0.1) is 5.10 Å². The molecule has 0 spiro atoms. The van der Waals surface area contributed by atoms with Crippen LogP contribution in [0.4, 0.5) is 5.95 Å². The summed E-state index contributed by atoms with van der Waals surface area (Å²) in [4.78, 5) is 7.95. The molecule has 0 amide bonds. The van der Waals surface area contributed by atoms with Gasteiger partial charge in [-0.05, 0) is 19.1 Å². The van der Waals surface area contributed by atoms with E-state index < -0.39 is 0 Å². The second-order valence-electron chi connectivity index (χ2n) is 2.71. The predicted octanol–water partition coefficient (Wildman–Crippen LogP) is 0.553. The van der Waals surface area contributed by atoms with Crippen molar-refractivity contribution in [1.29, 1.82) is 0 Å². The molecular formula is C8H9N5. The van der Waals surface area contributed by atoms with Gasteiger partial charge in [0.1, 0.15) is 6.33 Å². The van der Waals surface area contributed by atoms with Crippen LogP contribution in [0.2, 0.25) is 0 Å². The molecule has 0 saturated heterocycles. The van der Waals surface area contributed by atoms with E-state index in [-0.39, 0.29) is 5.95 Å². The van der Waals surface area contributed by atoms with Crippen LogP contribution in [0.15, 0.2) is 24.7 Å². The van der Waals surface area contributed by atoms with E-state index in [0.717, 1.165) is 11.4 Å². The van der Waals surface area contributed by atoms with Gasteiger partial charge in [-0.3, -0.25) is 4.98 Å². The number of nitrogen functional groups attached to an aromatic ring is 1. The Kier molecular flexibility index (Phi) is 1.70. The van der Waals surface area contributed by atoms with Gasteiger partial charge in [-0.25, -0.2) is 9.67 Å². The summed E-state index contributed by atoms with van der Waals surface area (Å²) in [6.07, 6.45) is 3.28. The zero-order valence-electron chi connectivity index (χ0n) is 7.18. The molecule has 0 unspecified atom stereocenters.